The molecular formula is C19H30N4O2. The third-order valence-corrected chi connectivity index (χ3v) is 4.58. The normalized spacial score (nSPS) is 15.0. The van der Waals surface area contributed by atoms with Crippen molar-refractivity contribution in [1.29, 1.82) is 0 Å². The van der Waals surface area contributed by atoms with Crippen molar-refractivity contribution < 1.29 is 9.59 Å². The summed E-state index contributed by atoms with van der Waals surface area (Å²) in [4.78, 5) is 28.3. The summed E-state index contributed by atoms with van der Waals surface area (Å²) in [5.74, 6) is 0.132. The van der Waals surface area contributed by atoms with Crippen LogP contribution in [0.25, 0.3) is 0 Å². The van der Waals surface area contributed by atoms with Gasteiger partial charge in [0.05, 0.1) is 0 Å². The lowest BCUT2D eigenvalue weighted by atomic mass is 9.96. The number of carbonyl (C=O) groups excluding carboxylic acids is 2. The maximum absolute atomic E-state index is 12.6. The Morgan fingerprint density at radius 2 is 1.84 bits per heavy atom. The second kappa shape index (κ2) is 10.0. The molecule has 1 aliphatic heterocycles. The molecule has 6 heteroatoms. The number of nitrogens with zero attached hydrogens (tertiary/aromatic N) is 2. The highest BCUT2D eigenvalue weighted by molar-refractivity contribution is 5.79. The Morgan fingerprint density at radius 1 is 1.16 bits per heavy atom. The molecule has 0 radical (unpaired) electrons. The minimum absolute atomic E-state index is 0.0186. The third kappa shape index (κ3) is 6.05. The first-order chi connectivity index (χ1) is 12.1. The molecule has 0 unspecified atom stereocenters. The van der Waals surface area contributed by atoms with Crippen LogP contribution in [0.4, 0.5) is 4.79 Å². The number of hydrogen-bond donors (Lipinski definition) is 2. The number of nitrogens with one attached hydrogen (secondary N) is 2. The Morgan fingerprint density at radius 3 is 2.48 bits per heavy atom. The van der Waals surface area contributed by atoms with Crippen LogP contribution in [-0.2, 0) is 11.3 Å². The lowest BCUT2D eigenvalue weighted by Gasteiger charge is -2.34. The highest BCUT2D eigenvalue weighted by Crippen LogP contribution is 2.18. The van der Waals surface area contributed by atoms with E-state index in [-0.39, 0.29) is 17.9 Å². The molecule has 6 nitrogen and oxygen atoms in total. The van der Waals surface area contributed by atoms with Crippen LogP contribution < -0.4 is 10.6 Å². The second-order valence-electron chi connectivity index (χ2n) is 6.53. The zero-order valence-electron chi connectivity index (χ0n) is 15.3. The summed E-state index contributed by atoms with van der Waals surface area (Å²) in [5, 5.41) is 6.16. The monoisotopic (exact) mass is 346 g/mol. The van der Waals surface area contributed by atoms with E-state index in [0.29, 0.717) is 26.2 Å². The minimum atomic E-state index is 0.0186. The number of likely N-dealkylation sites (N-methyl/N-ethyl adjacent to an activating group) is 1. The van der Waals surface area contributed by atoms with E-state index < -0.39 is 0 Å². The number of benzene rings is 1. The van der Waals surface area contributed by atoms with Gasteiger partial charge in [-0.1, -0.05) is 37.3 Å². The number of piperidine rings is 1. The number of hydrogen-bond acceptors (Lipinski definition) is 3. The molecule has 0 spiro atoms. The molecule has 1 aliphatic rings. The Balaban J connectivity index is 1.73. The number of amides is 3. The molecule has 0 bridgehead atoms. The molecule has 2 N–H and O–H groups in total. The van der Waals surface area contributed by atoms with Crippen LogP contribution in [0.5, 0.6) is 0 Å². The first-order valence-electron chi connectivity index (χ1n) is 9.14. The van der Waals surface area contributed by atoms with E-state index in [4.69, 9.17) is 0 Å². The summed E-state index contributed by atoms with van der Waals surface area (Å²) in [6, 6.07) is 10.0. The fourth-order valence-electron chi connectivity index (χ4n) is 3.09. The average Bonchev–Trinajstić information content (AvgIpc) is 2.65. The van der Waals surface area contributed by atoms with Crippen molar-refractivity contribution in [3.63, 3.8) is 0 Å². The molecule has 1 aromatic carbocycles. The van der Waals surface area contributed by atoms with Gasteiger partial charge in [-0.3, -0.25) is 4.79 Å². The van der Waals surface area contributed by atoms with Gasteiger partial charge in [0.1, 0.15) is 0 Å². The van der Waals surface area contributed by atoms with Gasteiger partial charge in [-0.05, 0) is 24.9 Å². The van der Waals surface area contributed by atoms with Gasteiger partial charge >= 0.3 is 6.03 Å². The van der Waals surface area contributed by atoms with Crippen LogP contribution in [0.3, 0.4) is 0 Å². The second-order valence-corrected chi connectivity index (χ2v) is 6.53. The van der Waals surface area contributed by atoms with Crippen LogP contribution in [0.15, 0.2) is 30.3 Å². The van der Waals surface area contributed by atoms with Gasteiger partial charge in [0, 0.05) is 45.7 Å². The van der Waals surface area contributed by atoms with Crippen molar-refractivity contribution >= 4 is 11.9 Å². The highest BCUT2D eigenvalue weighted by atomic mass is 16.2. The molecule has 0 aromatic heterocycles. The van der Waals surface area contributed by atoms with E-state index in [9.17, 15) is 9.59 Å². The summed E-state index contributed by atoms with van der Waals surface area (Å²) in [6.45, 7) is 6.29. The largest absolute Gasteiger partial charge is 0.355 e. The summed E-state index contributed by atoms with van der Waals surface area (Å²) >= 11 is 0. The Hall–Kier alpha value is -2.08. The van der Waals surface area contributed by atoms with Crippen molar-refractivity contribution in [1.82, 2.24) is 20.4 Å². The molecule has 0 atom stereocenters. The predicted molar refractivity (Wildman–Crippen MR) is 99.2 cm³/mol. The predicted octanol–water partition coefficient (Wildman–Crippen LogP) is 1.68. The molecule has 1 aromatic rings. The standard InChI is InChI=1S/C19H30N4O2/c1-3-20-11-12-21-18(24)17-9-13-23(14-10-17)19(25)22(2)15-16-7-5-4-6-8-16/h4-8,17,20H,3,9-15H2,1-2H3,(H,21,24). The SMILES string of the molecule is CCNCCNC(=O)C1CCN(C(=O)N(C)Cc2ccccc2)CC1. The summed E-state index contributed by atoms with van der Waals surface area (Å²) in [7, 11) is 1.83. The van der Waals surface area contributed by atoms with Crippen molar-refractivity contribution in [3.05, 3.63) is 35.9 Å². The van der Waals surface area contributed by atoms with Gasteiger partial charge in [-0.15, -0.1) is 0 Å². The van der Waals surface area contributed by atoms with Crippen LogP contribution >= 0.6 is 0 Å². The maximum atomic E-state index is 12.6. The zero-order chi connectivity index (χ0) is 18.1. The number of carbonyl (C=O) groups is 2. The molecule has 2 rings (SSSR count). The maximum Gasteiger partial charge on any atom is 0.320 e. The van der Waals surface area contributed by atoms with Crippen LogP contribution in [-0.4, -0.2) is 61.5 Å². The molecule has 25 heavy (non-hydrogen) atoms. The lowest BCUT2D eigenvalue weighted by Crippen LogP contribution is -2.47. The van der Waals surface area contributed by atoms with E-state index in [2.05, 4.69) is 10.6 Å². The van der Waals surface area contributed by atoms with Crippen LogP contribution in [0.1, 0.15) is 25.3 Å². The van der Waals surface area contributed by atoms with E-state index in [1.54, 1.807) is 4.90 Å². The van der Waals surface area contributed by atoms with Gasteiger partial charge < -0.3 is 20.4 Å². The molecule has 0 saturated carbocycles. The van der Waals surface area contributed by atoms with Crippen molar-refractivity contribution in [2.75, 3.05) is 39.8 Å². The Labute approximate surface area is 150 Å². The zero-order valence-corrected chi connectivity index (χ0v) is 15.3. The van der Waals surface area contributed by atoms with Crippen LogP contribution in [0, 0.1) is 5.92 Å². The van der Waals surface area contributed by atoms with Gasteiger partial charge in [-0.25, -0.2) is 4.79 Å². The number of rotatable bonds is 7. The number of likely N-dealkylation sites (tertiary alicyclic amines) is 1. The number of urea groups is 1. The summed E-state index contributed by atoms with van der Waals surface area (Å²) in [5.41, 5.74) is 1.12. The quantitative estimate of drug-likeness (QED) is 0.738. The Bertz CT molecular complexity index is 542. The lowest BCUT2D eigenvalue weighted by molar-refractivity contribution is -0.126. The molecule has 1 saturated heterocycles. The van der Waals surface area contributed by atoms with Gasteiger partial charge in [0.2, 0.25) is 5.91 Å². The fourth-order valence-corrected chi connectivity index (χ4v) is 3.09. The molecule has 138 valence electrons. The van der Waals surface area contributed by atoms with E-state index in [1.165, 1.54) is 0 Å². The average molecular weight is 346 g/mol. The molecule has 3 amide bonds. The van der Waals surface area contributed by atoms with Crippen LogP contribution in [0.2, 0.25) is 0 Å². The van der Waals surface area contributed by atoms with E-state index in [0.717, 1.165) is 31.5 Å². The highest BCUT2D eigenvalue weighted by Gasteiger charge is 2.28. The molecule has 0 aliphatic carbocycles. The topological polar surface area (TPSA) is 64.7 Å². The minimum Gasteiger partial charge on any atom is -0.355 e. The summed E-state index contributed by atoms with van der Waals surface area (Å²) < 4.78 is 0. The van der Waals surface area contributed by atoms with Gasteiger partial charge in [0.15, 0.2) is 0 Å². The molecule has 1 heterocycles. The summed E-state index contributed by atoms with van der Waals surface area (Å²) in [6.07, 6.45) is 1.47. The molecule has 1 fully saturated rings. The smallest absolute Gasteiger partial charge is 0.320 e. The fraction of sp³-hybridized carbons (Fsp3) is 0.579. The first kappa shape index (κ1) is 19.2. The Kier molecular flexibility index (Phi) is 7.73. The molecular weight excluding hydrogens is 316 g/mol. The van der Waals surface area contributed by atoms with E-state index >= 15 is 0 Å². The van der Waals surface area contributed by atoms with E-state index in [1.807, 2.05) is 49.2 Å². The van der Waals surface area contributed by atoms with Crippen molar-refractivity contribution in [2.45, 2.75) is 26.3 Å². The third-order valence-electron chi connectivity index (χ3n) is 4.58. The van der Waals surface area contributed by atoms with Crippen molar-refractivity contribution in [2.24, 2.45) is 5.92 Å². The van der Waals surface area contributed by atoms with Gasteiger partial charge in [0.25, 0.3) is 0 Å². The first-order valence-corrected chi connectivity index (χ1v) is 9.14. The van der Waals surface area contributed by atoms with Gasteiger partial charge in [-0.2, -0.15) is 0 Å². The van der Waals surface area contributed by atoms with Crippen molar-refractivity contribution in [3.8, 4) is 0 Å².